The molecule has 2 aliphatic heterocycles. The summed E-state index contributed by atoms with van der Waals surface area (Å²) in [6.07, 6.45) is -2.95. The van der Waals surface area contributed by atoms with E-state index in [1.165, 1.54) is 0 Å². The lowest BCUT2D eigenvalue weighted by molar-refractivity contribution is -0.299. The molecule has 2 saturated heterocycles. The van der Waals surface area contributed by atoms with E-state index in [2.05, 4.69) is 22.8 Å². The van der Waals surface area contributed by atoms with Crippen molar-refractivity contribution in [2.45, 2.75) is 109 Å². The molecule has 5 unspecified atom stereocenters. The van der Waals surface area contributed by atoms with Crippen molar-refractivity contribution in [3.05, 3.63) is 35.2 Å². The summed E-state index contributed by atoms with van der Waals surface area (Å²) in [5.41, 5.74) is -0.419. The molecule has 4 rings (SSSR count). The predicted octanol–water partition coefficient (Wildman–Crippen LogP) is 3.01. The number of nitrogens with zero attached hydrogens (tertiary/aromatic N) is 2. The monoisotopic (exact) mass is 647 g/mol. The Bertz CT molecular complexity index is 1300. The topological polar surface area (TPSA) is 132 Å². The Kier molecular flexibility index (Phi) is 11.7. The fourth-order valence-electron chi connectivity index (χ4n) is 7.21. The van der Waals surface area contributed by atoms with Gasteiger partial charge < -0.3 is 39.9 Å². The van der Waals surface area contributed by atoms with Gasteiger partial charge in [0.1, 0.15) is 6.10 Å². The van der Waals surface area contributed by atoms with Gasteiger partial charge in [-0.2, -0.15) is 0 Å². The molecular formula is C34H53N3O7S. The molecule has 0 spiro atoms. The third kappa shape index (κ3) is 8.43. The first-order valence-corrected chi connectivity index (χ1v) is 17.0. The zero-order chi connectivity index (χ0) is 33.2. The van der Waals surface area contributed by atoms with Crippen LogP contribution in [0.25, 0.3) is 10.1 Å². The number of thiophene rings is 1. The summed E-state index contributed by atoms with van der Waals surface area (Å²) < 4.78 is 13.6. The second kappa shape index (κ2) is 14.8. The van der Waals surface area contributed by atoms with Gasteiger partial charge in [0.15, 0.2) is 6.29 Å². The largest absolute Gasteiger partial charge is 0.392 e. The summed E-state index contributed by atoms with van der Waals surface area (Å²) in [4.78, 5) is 30.7. The second-order valence-electron chi connectivity index (χ2n) is 14.1. The molecular weight excluding hydrogens is 594 g/mol. The maximum Gasteiger partial charge on any atom is 0.225 e. The smallest absolute Gasteiger partial charge is 0.225 e. The maximum atomic E-state index is 13.7. The molecule has 1 aromatic carbocycles. The van der Waals surface area contributed by atoms with Crippen LogP contribution in [0.15, 0.2) is 29.6 Å². The Morgan fingerprint density at radius 3 is 2.51 bits per heavy atom. The highest BCUT2D eigenvalue weighted by Crippen LogP contribution is 2.36. The molecule has 1 aromatic heterocycles. The Labute approximate surface area is 271 Å². The third-order valence-electron chi connectivity index (χ3n) is 9.68. The third-order valence-corrected chi connectivity index (χ3v) is 10.7. The van der Waals surface area contributed by atoms with E-state index < -0.39 is 48.1 Å². The van der Waals surface area contributed by atoms with Crippen LogP contribution >= 0.6 is 11.3 Å². The summed E-state index contributed by atoms with van der Waals surface area (Å²) in [7, 11) is 5.53. The van der Waals surface area contributed by atoms with Crippen LogP contribution in [0.2, 0.25) is 0 Å². The van der Waals surface area contributed by atoms with Crippen LogP contribution in [0.1, 0.15) is 59.4 Å². The van der Waals surface area contributed by atoms with Gasteiger partial charge in [0, 0.05) is 42.7 Å². The van der Waals surface area contributed by atoms with Crippen LogP contribution in [-0.2, 0) is 25.5 Å². The number of aliphatic hydroxyl groups excluding tert-OH is 2. The average molecular weight is 648 g/mol. The summed E-state index contributed by atoms with van der Waals surface area (Å²) in [5, 5.41) is 41.0. The molecule has 11 heteroatoms. The molecule has 2 aliphatic rings. The lowest BCUT2D eigenvalue weighted by atomic mass is 9.77. The van der Waals surface area contributed by atoms with Crippen LogP contribution in [0.5, 0.6) is 0 Å². The van der Waals surface area contributed by atoms with E-state index in [9.17, 15) is 24.9 Å². The number of hydrogen-bond donors (Lipinski definition) is 4. The van der Waals surface area contributed by atoms with Crippen molar-refractivity contribution in [2.24, 2.45) is 17.8 Å². The molecule has 11 atom stereocenters. The van der Waals surface area contributed by atoms with Gasteiger partial charge in [-0.15, -0.1) is 11.3 Å². The van der Waals surface area contributed by atoms with Crippen molar-refractivity contribution in [2.75, 3.05) is 27.7 Å². The Morgan fingerprint density at radius 2 is 1.82 bits per heavy atom. The molecule has 0 saturated carbocycles. The van der Waals surface area contributed by atoms with Crippen LogP contribution in [0.3, 0.4) is 0 Å². The Balaban J connectivity index is 1.63. The van der Waals surface area contributed by atoms with E-state index in [-0.39, 0.29) is 42.7 Å². The Hall–Kier alpha value is -2.12. The number of carbonyl (C=O) groups excluding carboxylic acids is 2. The highest BCUT2D eigenvalue weighted by molar-refractivity contribution is 7.17. The molecule has 0 radical (unpaired) electrons. The first-order chi connectivity index (χ1) is 21.1. The number of likely N-dealkylation sites (N-methyl/N-ethyl adjacent to an activating group) is 1. The van der Waals surface area contributed by atoms with E-state index in [1.54, 1.807) is 44.1 Å². The van der Waals surface area contributed by atoms with Crippen molar-refractivity contribution in [1.82, 2.24) is 15.1 Å². The highest BCUT2D eigenvalue weighted by atomic mass is 32.1. The van der Waals surface area contributed by atoms with Crippen LogP contribution in [0.4, 0.5) is 0 Å². The summed E-state index contributed by atoms with van der Waals surface area (Å²) in [5.74, 6) is -2.19. The number of aliphatic hydroxyl groups is 3. The van der Waals surface area contributed by atoms with E-state index in [0.29, 0.717) is 19.4 Å². The predicted molar refractivity (Wildman–Crippen MR) is 176 cm³/mol. The van der Waals surface area contributed by atoms with Crippen molar-refractivity contribution >= 4 is 33.2 Å². The van der Waals surface area contributed by atoms with Gasteiger partial charge in [-0.3, -0.25) is 9.59 Å². The number of nitrogens with one attached hydrogen (secondary N) is 1. The molecule has 2 fully saturated rings. The normalized spacial score (nSPS) is 37.9. The average Bonchev–Trinajstić information content (AvgIpc) is 3.37. The van der Waals surface area contributed by atoms with Gasteiger partial charge >= 0.3 is 0 Å². The van der Waals surface area contributed by atoms with Crippen molar-refractivity contribution in [1.29, 1.82) is 0 Å². The van der Waals surface area contributed by atoms with Gasteiger partial charge in [0.2, 0.25) is 11.8 Å². The molecule has 0 aliphatic carbocycles. The molecule has 10 nitrogen and oxygen atoms in total. The van der Waals surface area contributed by atoms with Crippen molar-refractivity contribution < 1.29 is 34.4 Å². The number of ether oxygens (including phenoxy) is 2. The maximum absolute atomic E-state index is 13.7. The summed E-state index contributed by atoms with van der Waals surface area (Å²) in [6, 6.07) is 7.39. The number of carbonyl (C=O) groups is 2. The molecule has 45 heavy (non-hydrogen) atoms. The van der Waals surface area contributed by atoms with E-state index in [1.807, 2.05) is 45.0 Å². The van der Waals surface area contributed by atoms with Gasteiger partial charge in [-0.05, 0) is 75.5 Å². The van der Waals surface area contributed by atoms with Gasteiger partial charge in [0.05, 0.1) is 29.8 Å². The number of fused-ring (bicyclic) bond motifs is 1. The minimum absolute atomic E-state index is 0.111. The minimum Gasteiger partial charge on any atom is -0.392 e. The van der Waals surface area contributed by atoms with E-state index in [0.717, 1.165) is 15.6 Å². The van der Waals surface area contributed by atoms with Crippen LogP contribution in [-0.4, -0.2) is 113 Å². The van der Waals surface area contributed by atoms with Crippen LogP contribution < -0.4 is 5.32 Å². The first-order valence-electron chi connectivity index (χ1n) is 16.1. The Morgan fingerprint density at radius 1 is 1.13 bits per heavy atom. The molecule has 2 aromatic rings. The quantitative estimate of drug-likeness (QED) is 0.390. The molecule has 4 N–H and O–H groups in total. The SMILES string of the molecule is CC1C(=O)NC(Cc2csc3ccccc23)CC(=O)N(C)C[C@H](C)CC(C)(O)[C@H](OC2O[C@H](C)CC(N(C)C)[C@H]2O)[C@@H](C)[C@@H]1O. The zero-order valence-electron chi connectivity index (χ0n) is 28.0. The van der Waals surface area contributed by atoms with E-state index in [4.69, 9.17) is 9.47 Å². The van der Waals surface area contributed by atoms with Crippen molar-refractivity contribution in [3.8, 4) is 0 Å². The highest BCUT2D eigenvalue weighted by Gasteiger charge is 2.47. The molecule has 0 bridgehead atoms. The molecule has 252 valence electrons. The zero-order valence-corrected chi connectivity index (χ0v) is 28.8. The fraction of sp³-hybridized carbons (Fsp3) is 0.706. The van der Waals surface area contributed by atoms with Crippen LogP contribution in [0, 0.1) is 17.8 Å². The lowest BCUT2D eigenvalue weighted by Crippen LogP contribution is -2.59. The minimum atomic E-state index is -1.48. The number of hydrogen-bond acceptors (Lipinski definition) is 9. The summed E-state index contributed by atoms with van der Waals surface area (Å²) in [6.45, 7) is 9.34. The molecule has 3 heterocycles. The van der Waals surface area contributed by atoms with Crippen molar-refractivity contribution in [3.63, 3.8) is 0 Å². The van der Waals surface area contributed by atoms with E-state index >= 15 is 0 Å². The number of amides is 2. The van der Waals surface area contributed by atoms with Gasteiger partial charge in [-0.25, -0.2) is 0 Å². The second-order valence-corrected chi connectivity index (χ2v) is 15.0. The number of rotatable bonds is 5. The fourth-order valence-corrected chi connectivity index (χ4v) is 8.19. The van der Waals surface area contributed by atoms with Gasteiger partial charge in [-0.1, -0.05) is 39.0 Å². The molecule has 2 amide bonds. The standard InChI is InChI=1S/C34H53N3O7S/c1-19-16-34(5,42)31(44-33-30(40)26(36(6)7)13-20(2)43-33)21(3)29(39)22(4)32(41)35-24(15-28(38)37(8)17-19)14-23-18-45-27-12-10-9-11-25(23)27/h9-12,18-22,24,26,29-31,33,39-40,42H,13-17H2,1-8H3,(H,35,41)/t19-,20-,21+,22?,24?,26?,29+,30-,31-,33?,34?/m1/s1. The first kappa shape index (κ1) is 35.7. The van der Waals surface area contributed by atoms with Gasteiger partial charge in [0.25, 0.3) is 0 Å². The lowest BCUT2D eigenvalue weighted by Gasteiger charge is -2.46. The number of benzene rings is 1. The summed E-state index contributed by atoms with van der Waals surface area (Å²) >= 11 is 1.63.